The molecule has 2 aromatic rings. The van der Waals surface area contributed by atoms with Gasteiger partial charge < -0.3 is 19.3 Å². The van der Waals surface area contributed by atoms with Crippen LogP contribution in [0.25, 0.3) is 0 Å². The summed E-state index contributed by atoms with van der Waals surface area (Å²) in [5.74, 6) is 0.626. The van der Waals surface area contributed by atoms with Crippen LogP contribution in [0, 0.1) is 5.41 Å². The third-order valence-electron chi connectivity index (χ3n) is 7.06. The Morgan fingerprint density at radius 1 is 1.19 bits per heavy atom. The predicted molar refractivity (Wildman–Crippen MR) is 117 cm³/mol. The molecule has 1 saturated heterocycles. The van der Waals surface area contributed by atoms with Crippen molar-refractivity contribution in [1.29, 1.82) is 0 Å². The molecule has 2 aliphatic heterocycles. The van der Waals surface area contributed by atoms with Crippen molar-refractivity contribution in [3.63, 3.8) is 0 Å². The normalized spacial score (nSPS) is 26.1. The highest BCUT2D eigenvalue weighted by Crippen LogP contribution is 2.48. The predicted octanol–water partition coefficient (Wildman–Crippen LogP) is 5.58. The van der Waals surface area contributed by atoms with Crippen LogP contribution >= 0.6 is 0 Å². The number of ether oxygens (including phenoxy) is 3. The van der Waals surface area contributed by atoms with Crippen molar-refractivity contribution in [3.05, 3.63) is 58.7 Å². The van der Waals surface area contributed by atoms with Crippen molar-refractivity contribution < 1.29 is 24.1 Å². The van der Waals surface area contributed by atoms with E-state index in [2.05, 4.69) is 32.0 Å². The van der Waals surface area contributed by atoms with Gasteiger partial charge in [0.25, 0.3) is 0 Å². The van der Waals surface area contributed by atoms with Gasteiger partial charge in [-0.15, -0.1) is 0 Å². The molecule has 3 atom stereocenters. The third-order valence-corrected chi connectivity index (χ3v) is 7.06. The van der Waals surface area contributed by atoms with Gasteiger partial charge in [-0.05, 0) is 53.9 Å². The number of rotatable bonds is 5. The van der Waals surface area contributed by atoms with E-state index in [1.807, 2.05) is 18.2 Å². The highest BCUT2D eigenvalue weighted by Gasteiger charge is 2.38. The summed E-state index contributed by atoms with van der Waals surface area (Å²) >= 11 is 0. The summed E-state index contributed by atoms with van der Waals surface area (Å²) in [6, 6.07) is 12.3. The van der Waals surface area contributed by atoms with E-state index < -0.39 is 5.97 Å². The summed E-state index contributed by atoms with van der Waals surface area (Å²) in [6.45, 7) is 5.86. The van der Waals surface area contributed by atoms with E-state index in [1.165, 1.54) is 23.1 Å². The van der Waals surface area contributed by atoms with Gasteiger partial charge in [0.05, 0.1) is 19.1 Å². The molecule has 5 heteroatoms. The maximum Gasteiger partial charge on any atom is 0.304 e. The Morgan fingerprint density at radius 2 is 2.03 bits per heavy atom. The van der Waals surface area contributed by atoms with E-state index in [0.717, 1.165) is 42.9 Å². The Kier molecular flexibility index (Phi) is 5.17. The van der Waals surface area contributed by atoms with E-state index >= 15 is 0 Å². The Labute approximate surface area is 183 Å². The van der Waals surface area contributed by atoms with Crippen molar-refractivity contribution in [3.8, 4) is 11.5 Å². The van der Waals surface area contributed by atoms with Crippen LogP contribution in [0.15, 0.2) is 36.4 Å². The van der Waals surface area contributed by atoms with Gasteiger partial charge in [0.2, 0.25) is 0 Å². The van der Waals surface area contributed by atoms with Gasteiger partial charge in [-0.3, -0.25) is 4.79 Å². The second-order valence-corrected chi connectivity index (χ2v) is 9.71. The number of hydrogen-bond acceptors (Lipinski definition) is 4. The first-order valence-electron chi connectivity index (χ1n) is 11.3. The monoisotopic (exact) mass is 422 g/mol. The third kappa shape index (κ3) is 3.80. The molecule has 2 heterocycles. The lowest BCUT2D eigenvalue weighted by Gasteiger charge is -2.39. The molecule has 0 aromatic heterocycles. The molecule has 2 aromatic carbocycles. The maximum absolute atomic E-state index is 11.1. The second-order valence-electron chi connectivity index (χ2n) is 9.71. The molecule has 31 heavy (non-hydrogen) atoms. The molecule has 0 bridgehead atoms. The molecule has 0 amide bonds. The molecule has 5 rings (SSSR count). The van der Waals surface area contributed by atoms with Crippen molar-refractivity contribution in [2.45, 2.75) is 64.1 Å². The zero-order chi connectivity index (χ0) is 21.6. The van der Waals surface area contributed by atoms with Gasteiger partial charge in [-0.1, -0.05) is 38.1 Å². The van der Waals surface area contributed by atoms with E-state index in [0.29, 0.717) is 6.61 Å². The maximum atomic E-state index is 11.1. The van der Waals surface area contributed by atoms with Crippen molar-refractivity contribution in [2.75, 3.05) is 13.2 Å². The van der Waals surface area contributed by atoms with Crippen LogP contribution in [0.4, 0.5) is 0 Å². The first kappa shape index (κ1) is 20.4. The molecule has 1 aliphatic carbocycles. The molecule has 164 valence electrons. The van der Waals surface area contributed by atoms with Crippen LogP contribution in [-0.2, 0) is 16.0 Å². The summed E-state index contributed by atoms with van der Waals surface area (Å²) in [5.41, 5.74) is 5.05. The lowest BCUT2D eigenvalue weighted by molar-refractivity contribution is -0.137. The lowest BCUT2D eigenvalue weighted by Crippen LogP contribution is -2.30. The Bertz CT molecular complexity index is 995. The molecular weight excluding hydrogens is 392 g/mol. The summed E-state index contributed by atoms with van der Waals surface area (Å²) < 4.78 is 18.4. The molecular formula is C26H30O5. The highest BCUT2D eigenvalue weighted by atomic mass is 16.5. The number of benzene rings is 2. The average molecular weight is 423 g/mol. The van der Waals surface area contributed by atoms with Crippen LogP contribution in [0.1, 0.15) is 79.9 Å². The standard InChI is InChI=1S/C26H30O5/c1-26(2)11-4-12-29-25(26)21-6-3-5-20-19(21)9-10-22(20)31-17-7-8-18-16(13-24(27)28)15-30-23(18)14-17/h3,5-8,14,16,22,25H,4,9-13,15H2,1-2H3,(H,27,28)/t16-,22-,25+/m1/s1. The zero-order valence-electron chi connectivity index (χ0n) is 18.2. The first-order chi connectivity index (χ1) is 14.9. The van der Waals surface area contributed by atoms with E-state index in [1.54, 1.807) is 0 Å². The second kappa shape index (κ2) is 7.86. The van der Waals surface area contributed by atoms with Crippen molar-refractivity contribution in [1.82, 2.24) is 0 Å². The number of hydrogen-bond donors (Lipinski definition) is 1. The summed E-state index contributed by atoms with van der Waals surface area (Å²) in [5, 5.41) is 9.10. The molecule has 0 spiro atoms. The Balaban J connectivity index is 1.37. The minimum absolute atomic E-state index is 0.0101. The average Bonchev–Trinajstić information content (AvgIpc) is 3.32. The molecule has 0 radical (unpaired) electrons. The molecule has 1 fully saturated rings. The Morgan fingerprint density at radius 3 is 2.84 bits per heavy atom. The van der Waals surface area contributed by atoms with Gasteiger partial charge in [-0.2, -0.15) is 0 Å². The van der Waals surface area contributed by atoms with Crippen molar-refractivity contribution in [2.24, 2.45) is 5.41 Å². The fraction of sp³-hybridized carbons (Fsp3) is 0.500. The smallest absolute Gasteiger partial charge is 0.304 e. The summed E-state index contributed by atoms with van der Waals surface area (Å²) in [4.78, 5) is 11.1. The van der Waals surface area contributed by atoms with E-state index in [-0.39, 0.29) is 30.0 Å². The van der Waals surface area contributed by atoms with Crippen LogP contribution < -0.4 is 9.47 Å². The molecule has 3 aliphatic rings. The Hall–Kier alpha value is -2.53. The van der Waals surface area contributed by atoms with Gasteiger partial charge >= 0.3 is 5.97 Å². The van der Waals surface area contributed by atoms with Crippen LogP contribution in [-0.4, -0.2) is 24.3 Å². The number of carboxylic acids is 1. The van der Waals surface area contributed by atoms with E-state index in [4.69, 9.17) is 19.3 Å². The molecule has 0 saturated carbocycles. The number of aliphatic carboxylic acids is 1. The minimum atomic E-state index is -0.801. The van der Waals surface area contributed by atoms with Gasteiger partial charge in [0.15, 0.2) is 0 Å². The minimum Gasteiger partial charge on any atom is -0.492 e. The fourth-order valence-corrected chi connectivity index (χ4v) is 5.48. The zero-order valence-corrected chi connectivity index (χ0v) is 18.2. The van der Waals surface area contributed by atoms with Crippen LogP contribution in [0.3, 0.4) is 0 Å². The van der Waals surface area contributed by atoms with Crippen LogP contribution in [0.5, 0.6) is 11.5 Å². The molecule has 0 unspecified atom stereocenters. The molecule has 1 N–H and O–H groups in total. The fourth-order valence-electron chi connectivity index (χ4n) is 5.48. The van der Waals surface area contributed by atoms with Gasteiger partial charge in [0.1, 0.15) is 17.6 Å². The highest BCUT2D eigenvalue weighted by molar-refractivity contribution is 5.68. The topological polar surface area (TPSA) is 65.0 Å². The first-order valence-corrected chi connectivity index (χ1v) is 11.3. The van der Waals surface area contributed by atoms with E-state index in [9.17, 15) is 4.79 Å². The number of fused-ring (bicyclic) bond motifs is 2. The van der Waals surface area contributed by atoms with Crippen LogP contribution in [0.2, 0.25) is 0 Å². The number of carbonyl (C=O) groups is 1. The largest absolute Gasteiger partial charge is 0.492 e. The quantitative estimate of drug-likeness (QED) is 0.681. The molecule has 5 nitrogen and oxygen atoms in total. The number of carboxylic acid groups (broad SMARTS) is 1. The summed E-state index contributed by atoms with van der Waals surface area (Å²) in [6.07, 6.45) is 4.47. The lowest BCUT2D eigenvalue weighted by atomic mass is 9.76. The van der Waals surface area contributed by atoms with Crippen molar-refractivity contribution >= 4 is 5.97 Å². The SMILES string of the molecule is CC1(C)CCCO[C@H]1c1cccc2c1CC[C@H]2Oc1ccc2c(c1)OC[C@H]2CC(=O)O. The summed E-state index contributed by atoms with van der Waals surface area (Å²) in [7, 11) is 0. The van der Waals surface area contributed by atoms with Gasteiger partial charge in [0, 0.05) is 24.2 Å². The van der Waals surface area contributed by atoms with Gasteiger partial charge in [-0.25, -0.2) is 0 Å².